The summed E-state index contributed by atoms with van der Waals surface area (Å²) in [6.07, 6.45) is 3.59. The van der Waals surface area contributed by atoms with Gasteiger partial charge in [0, 0.05) is 31.7 Å². The van der Waals surface area contributed by atoms with Crippen LogP contribution in [0.5, 0.6) is 5.75 Å². The van der Waals surface area contributed by atoms with Gasteiger partial charge in [-0.15, -0.1) is 0 Å². The molecule has 6 nitrogen and oxygen atoms in total. The van der Waals surface area contributed by atoms with Crippen molar-refractivity contribution in [2.45, 2.75) is 11.3 Å². The van der Waals surface area contributed by atoms with E-state index < -0.39 is 10.0 Å². The third-order valence-corrected chi connectivity index (χ3v) is 6.05. The Morgan fingerprint density at radius 1 is 1.21 bits per heavy atom. The Morgan fingerprint density at radius 2 is 1.96 bits per heavy atom. The molecule has 0 aliphatic heterocycles. The zero-order valence-electron chi connectivity index (χ0n) is 16.0. The summed E-state index contributed by atoms with van der Waals surface area (Å²) in [6, 6.07) is 12.2. The minimum absolute atomic E-state index is 0.0449. The molecule has 0 bridgehead atoms. The van der Waals surface area contributed by atoms with E-state index in [0.29, 0.717) is 23.6 Å². The summed E-state index contributed by atoms with van der Waals surface area (Å²) in [4.78, 5) is 12.1. The van der Waals surface area contributed by atoms with Crippen molar-refractivity contribution >= 4 is 33.6 Å². The largest absolute Gasteiger partial charge is 0.495 e. The van der Waals surface area contributed by atoms with Gasteiger partial charge in [0.05, 0.1) is 7.11 Å². The molecule has 0 saturated carbocycles. The Morgan fingerprint density at radius 3 is 2.61 bits per heavy atom. The molecular formula is C20H23ClN2O4S. The van der Waals surface area contributed by atoms with Crippen molar-refractivity contribution in [1.29, 1.82) is 0 Å². The smallest absolute Gasteiger partial charge is 0.246 e. The number of benzene rings is 2. The number of nitrogens with zero attached hydrogens (tertiary/aromatic N) is 1. The van der Waals surface area contributed by atoms with E-state index in [1.807, 2.05) is 18.2 Å². The summed E-state index contributed by atoms with van der Waals surface area (Å²) in [5, 5.41) is 3.45. The number of nitrogens with one attached hydrogen (secondary N) is 1. The van der Waals surface area contributed by atoms with Gasteiger partial charge in [-0.3, -0.25) is 4.79 Å². The van der Waals surface area contributed by atoms with E-state index >= 15 is 0 Å². The first-order valence-corrected chi connectivity index (χ1v) is 10.4. The van der Waals surface area contributed by atoms with Gasteiger partial charge in [0.15, 0.2) is 0 Å². The fraction of sp³-hybridized carbons (Fsp3) is 0.250. The van der Waals surface area contributed by atoms with Crippen molar-refractivity contribution in [3.05, 3.63) is 64.7 Å². The molecule has 0 unspecified atom stereocenters. The zero-order valence-corrected chi connectivity index (χ0v) is 17.5. The number of hydrogen-bond acceptors (Lipinski definition) is 4. The van der Waals surface area contributed by atoms with E-state index in [0.717, 1.165) is 9.87 Å². The fourth-order valence-corrected chi connectivity index (χ4v) is 3.75. The van der Waals surface area contributed by atoms with Crippen LogP contribution in [-0.2, 0) is 21.2 Å². The number of hydrogen-bond donors (Lipinski definition) is 1. The number of amides is 1. The number of ether oxygens (including phenoxy) is 1. The topological polar surface area (TPSA) is 75.7 Å². The highest BCUT2D eigenvalue weighted by atomic mass is 35.5. The molecule has 0 radical (unpaired) electrons. The van der Waals surface area contributed by atoms with Crippen LogP contribution in [0.1, 0.15) is 11.1 Å². The number of sulfonamides is 1. The van der Waals surface area contributed by atoms with Crippen LogP contribution in [0.25, 0.3) is 6.08 Å². The predicted molar refractivity (Wildman–Crippen MR) is 111 cm³/mol. The minimum Gasteiger partial charge on any atom is -0.495 e. The second-order valence-corrected chi connectivity index (χ2v) is 8.76. The summed E-state index contributed by atoms with van der Waals surface area (Å²) in [5.74, 6) is -0.0216. The van der Waals surface area contributed by atoms with E-state index in [1.165, 1.54) is 33.3 Å². The fourth-order valence-electron chi connectivity index (χ4n) is 2.45. The zero-order chi connectivity index (χ0) is 20.7. The Labute approximate surface area is 170 Å². The number of halogens is 1. The average Bonchev–Trinajstić information content (AvgIpc) is 2.66. The first kappa shape index (κ1) is 21.9. The van der Waals surface area contributed by atoms with Gasteiger partial charge < -0.3 is 10.1 Å². The molecule has 0 fully saturated rings. The van der Waals surface area contributed by atoms with Crippen LogP contribution < -0.4 is 10.1 Å². The van der Waals surface area contributed by atoms with Gasteiger partial charge in [-0.25, -0.2) is 12.7 Å². The number of carbonyl (C=O) groups excluding carboxylic acids is 1. The molecule has 0 aromatic heterocycles. The Balaban J connectivity index is 2.04. The lowest BCUT2D eigenvalue weighted by atomic mass is 10.1. The monoisotopic (exact) mass is 422 g/mol. The highest BCUT2D eigenvalue weighted by molar-refractivity contribution is 7.89. The van der Waals surface area contributed by atoms with Gasteiger partial charge in [-0.1, -0.05) is 29.8 Å². The van der Waals surface area contributed by atoms with Crippen LogP contribution >= 0.6 is 11.6 Å². The molecule has 0 spiro atoms. The molecule has 0 atom stereocenters. The SMILES string of the molecule is COc1ccc(/C=C/C(=O)NCCc2cccc(Cl)c2)cc1S(=O)(=O)N(C)C. The first-order valence-electron chi connectivity index (χ1n) is 8.55. The van der Waals surface area contributed by atoms with Crippen LogP contribution in [0.2, 0.25) is 5.02 Å². The second kappa shape index (κ2) is 9.73. The van der Waals surface area contributed by atoms with Crippen LogP contribution in [-0.4, -0.2) is 46.4 Å². The highest BCUT2D eigenvalue weighted by Gasteiger charge is 2.22. The molecule has 2 aromatic rings. The van der Waals surface area contributed by atoms with Gasteiger partial charge in [0.25, 0.3) is 0 Å². The van der Waals surface area contributed by atoms with E-state index in [-0.39, 0.29) is 16.6 Å². The van der Waals surface area contributed by atoms with Crippen molar-refractivity contribution in [2.24, 2.45) is 0 Å². The molecule has 0 aliphatic rings. The van der Waals surface area contributed by atoms with Crippen molar-refractivity contribution in [3.8, 4) is 5.75 Å². The van der Waals surface area contributed by atoms with Crippen molar-refractivity contribution < 1.29 is 17.9 Å². The van der Waals surface area contributed by atoms with E-state index in [1.54, 1.807) is 24.3 Å². The molecule has 8 heteroatoms. The van der Waals surface area contributed by atoms with E-state index in [4.69, 9.17) is 16.3 Å². The standard InChI is InChI=1S/C20H23ClN2O4S/c1-23(2)28(25,26)19-14-16(7-9-18(19)27-3)8-10-20(24)22-12-11-15-5-4-6-17(21)13-15/h4-10,13-14H,11-12H2,1-3H3,(H,22,24)/b10-8+. The van der Waals surface area contributed by atoms with Crippen LogP contribution in [0.4, 0.5) is 0 Å². The van der Waals surface area contributed by atoms with Crippen LogP contribution in [0.15, 0.2) is 53.4 Å². The minimum atomic E-state index is -3.67. The maximum absolute atomic E-state index is 12.4. The van der Waals surface area contributed by atoms with Gasteiger partial charge in [0.2, 0.25) is 15.9 Å². The van der Waals surface area contributed by atoms with Crippen molar-refractivity contribution in [2.75, 3.05) is 27.7 Å². The van der Waals surface area contributed by atoms with Crippen molar-refractivity contribution in [3.63, 3.8) is 0 Å². The van der Waals surface area contributed by atoms with Gasteiger partial charge in [0.1, 0.15) is 10.6 Å². The third-order valence-electron chi connectivity index (χ3n) is 3.98. The van der Waals surface area contributed by atoms with Gasteiger partial charge in [-0.2, -0.15) is 0 Å². The Bertz CT molecular complexity index is 972. The van der Waals surface area contributed by atoms with Gasteiger partial charge in [-0.05, 0) is 47.9 Å². The molecule has 150 valence electrons. The summed E-state index contributed by atoms with van der Waals surface area (Å²) < 4.78 is 31.1. The van der Waals surface area contributed by atoms with Crippen LogP contribution in [0, 0.1) is 0 Å². The molecule has 28 heavy (non-hydrogen) atoms. The summed E-state index contributed by atoms with van der Waals surface area (Å²) in [7, 11) is 0.642. The molecule has 2 aromatic carbocycles. The molecule has 1 N–H and O–H groups in total. The van der Waals surface area contributed by atoms with E-state index in [2.05, 4.69) is 5.32 Å². The predicted octanol–water partition coefficient (Wildman–Crippen LogP) is 2.97. The van der Waals surface area contributed by atoms with E-state index in [9.17, 15) is 13.2 Å². The Hall–Kier alpha value is -2.35. The van der Waals surface area contributed by atoms with Crippen molar-refractivity contribution in [1.82, 2.24) is 9.62 Å². The highest BCUT2D eigenvalue weighted by Crippen LogP contribution is 2.27. The molecule has 0 aliphatic carbocycles. The summed E-state index contributed by atoms with van der Waals surface area (Å²) >= 11 is 5.94. The molecule has 2 rings (SSSR count). The summed E-state index contributed by atoms with van der Waals surface area (Å²) in [5.41, 5.74) is 1.61. The quantitative estimate of drug-likeness (QED) is 0.663. The molecular weight excluding hydrogens is 400 g/mol. The van der Waals surface area contributed by atoms with Crippen LogP contribution in [0.3, 0.4) is 0 Å². The lowest BCUT2D eigenvalue weighted by Gasteiger charge is -2.15. The molecule has 0 saturated heterocycles. The number of carbonyl (C=O) groups is 1. The second-order valence-electron chi connectivity index (χ2n) is 6.20. The first-order chi connectivity index (χ1) is 13.2. The number of methoxy groups -OCH3 is 1. The number of rotatable bonds is 8. The maximum atomic E-state index is 12.4. The lowest BCUT2D eigenvalue weighted by Crippen LogP contribution is -2.23. The lowest BCUT2D eigenvalue weighted by molar-refractivity contribution is -0.116. The molecule has 0 heterocycles. The summed E-state index contributed by atoms with van der Waals surface area (Å²) in [6.45, 7) is 0.465. The third kappa shape index (κ3) is 5.82. The molecule has 1 amide bonds. The average molecular weight is 423 g/mol. The Kier molecular flexibility index (Phi) is 7.62. The maximum Gasteiger partial charge on any atom is 0.246 e. The normalized spacial score (nSPS) is 11.8. The van der Waals surface area contributed by atoms with Gasteiger partial charge >= 0.3 is 0 Å².